The number of carbonyl (C=O) groups is 1. The Bertz CT molecular complexity index is 755. The first-order chi connectivity index (χ1) is 13.6. The number of carbonyl (C=O) groups excluding carboxylic acids is 1. The summed E-state index contributed by atoms with van der Waals surface area (Å²) in [5, 5.41) is 3.65. The van der Waals surface area contributed by atoms with Gasteiger partial charge in [0.1, 0.15) is 5.75 Å². The molecule has 3 rings (SSSR count). The van der Waals surface area contributed by atoms with Crippen LogP contribution in [0.1, 0.15) is 73.1 Å². The number of hydrogen-bond acceptors (Lipinski definition) is 4. The summed E-state index contributed by atoms with van der Waals surface area (Å²) in [6, 6.07) is 5.88. The smallest absolute Gasteiger partial charge is 0.264 e. The van der Waals surface area contributed by atoms with E-state index >= 15 is 0 Å². The molecule has 1 aromatic heterocycles. The first-order valence-electron chi connectivity index (χ1n) is 10.6. The molecule has 1 amide bonds. The Morgan fingerprint density at radius 3 is 2.39 bits per heavy atom. The van der Waals surface area contributed by atoms with Gasteiger partial charge >= 0.3 is 0 Å². The van der Waals surface area contributed by atoms with Crippen LogP contribution in [0.2, 0.25) is 0 Å². The van der Waals surface area contributed by atoms with Crippen molar-refractivity contribution < 1.29 is 9.53 Å². The van der Waals surface area contributed by atoms with Crippen LogP contribution in [0, 0.1) is 13.8 Å². The Kier molecular flexibility index (Phi) is 7.90. The minimum Gasteiger partial charge on any atom is -0.484 e. The van der Waals surface area contributed by atoms with Gasteiger partial charge in [0.25, 0.3) is 5.91 Å². The molecule has 28 heavy (non-hydrogen) atoms. The highest BCUT2D eigenvalue weighted by atomic mass is 32.1. The summed E-state index contributed by atoms with van der Waals surface area (Å²) in [5.41, 5.74) is 3.57. The predicted molar refractivity (Wildman–Crippen MR) is 116 cm³/mol. The lowest BCUT2D eigenvalue weighted by Crippen LogP contribution is -2.20. The number of amides is 1. The van der Waals surface area contributed by atoms with Crippen LogP contribution in [-0.4, -0.2) is 17.5 Å². The molecule has 5 heteroatoms. The fourth-order valence-electron chi connectivity index (χ4n) is 3.57. The molecule has 0 radical (unpaired) electrons. The molecular weight excluding hydrogens is 368 g/mol. The summed E-state index contributed by atoms with van der Waals surface area (Å²) < 4.78 is 5.64. The van der Waals surface area contributed by atoms with Gasteiger partial charge in [-0.3, -0.25) is 10.1 Å². The van der Waals surface area contributed by atoms with Gasteiger partial charge in [0.15, 0.2) is 11.7 Å². The van der Waals surface area contributed by atoms with Crippen molar-refractivity contribution in [2.75, 3.05) is 11.9 Å². The number of thiazole rings is 1. The van der Waals surface area contributed by atoms with E-state index in [0.29, 0.717) is 5.13 Å². The summed E-state index contributed by atoms with van der Waals surface area (Å²) in [6.07, 6.45) is 12.5. The van der Waals surface area contributed by atoms with Gasteiger partial charge in [-0.25, -0.2) is 4.98 Å². The largest absolute Gasteiger partial charge is 0.484 e. The molecule has 1 heterocycles. The minimum atomic E-state index is -0.150. The first-order valence-corrected chi connectivity index (χ1v) is 11.4. The topological polar surface area (TPSA) is 51.2 Å². The summed E-state index contributed by atoms with van der Waals surface area (Å²) in [4.78, 5) is 18.4. The van der Waals surface area contributed by atoms with E-state index < -0.39 is 0 Å². The lowest BCUT2D eigenvalue weighted by molar-refractivity contribution is -0.118. The van der Waals surface area contributed by atoms with Gasteiger partial charge in [0.2, 0.25) is 0 Å². The van der Waals surface area contributed by atoms with E-state index in [1.54, 1.807) is 11.3 Å². The van der Waals surface area contributed by atoms with E-state index in [1.807, 2.05) is 25.1 Å². The number of aromatic nitrogens is 1. The van der Waals surface area contributed by atoms with Crippen LogP contribution >= 0.6 is 11.3 Å². The van der Waals surface area contributed by atoms with E-state index in [9.17, 15) is 4.79 Å². The fourth-order valence-corrected chi connectivity index (χ4v) is 4.64. The van der Waals surface area contributed by atoms with Crippen LogP contribution in [0.3, 0.4) is 0 Å². The molecule has 1 aliphatic carbocycles. The zero-order valence-electron chi connectivity index (χ0n) is 17.2. The third-order valence-electron chi connectivity index (χ3n) is 5.44. The number of anilines is 1. The zero-order valence-corrected chi connectivity index (χ0v) is 18.0. The van der Waals surface area contributed by atoms with E-state index in [4.69, 9.17) is 9.72 Å². The fraction of sp³-hybridized carbons (Fsp3) is 0.565. The van der Waals surface area contributed by atoms with Gasteiger partial charge < -0.3 is 4.74 Å². The standard InChI is InChI=1S/C23H32N2O2S/c1-17-13-14-19(15-18(17)2)27-16-22(26)25-23-24-20-11-9-7-5-3-4-6-8-10-12-21(20)28-23/h13-15H,3-12,16H2,1-2H3,(H,24,25,26). The number of benzene rings is 1. The van der Waals surface area contributed by atoms with Gasteiger partial charge in [-0.15, -0.1) is 11.3 Å². The van der Waals surface area contributed by atoms with Crippen molar-refractivity contribution in [3.05, 3.63) is 39.9 Å². The Labute approximate surface area is 172 Å². The number of ether oxygens (including phenoxy) is 1. The molecule has 0 spiro atoms. The molecule has 1 aromatic carbocycles. The molecule has 2 aromatic rings. The molecule has 152 valence electrons. The normalized spacial score (nSPS) is 15.8. The maximum Gasteiger partial charge on any atom is 0.264 e. The molecule has 0 saturated heterocycles. The van der Waals surface area contributed by atoms with Gasteiger partial charge in [0, 0.05) is 4.88 Å². The predicted octanol–water partition coefficient (Wildman–Crippen LogP) is 6.00. The van der Waals surface area contributed by atoms with Gasteiger partial charge in [-0.2, -0.15) is 0 Å². The van der Waals surface area contributed by atoms with E-state index in [2.05, 4.69) is 12.2 Å². The molecule has 0 bridgehead atoms. The molecular formula is C23H32N2O2S. The number of nitrogens with zero attached hydrogens (tertiary/aromatic N) is 1. The molecule has 0 aliphatic heterocycles. The van der Waals surface area contributed by atoms with Crippen LogP contribution in [0.4, 0.5) is 5.13 Å². The maximum atomic E-state index is 12.3. The highest BCUT2D eigenvalue weighted by Crippen LogP contribution is 2.27. The van der Waals surface area contributed by atoms with Crippen molar-refractivity contribution in [2.45, 2.75) is 78.1 Å². The Morgan fingerprint density at radius 1 is 1.00 bits per heavy atom. The number of aryl methyl sites for hydroxylation is 4. The van der Waals surface area contributed by atoms with Crippen LogP contribution in [0.25, 0.3) is 0 Å². The summed E-state index contributed by atoms with van der Waals surface area (Å²) >= 11 is 1.64. The van der Waals surface area contributed by atoms with Crippen LogP contribution in [0.15, 0.2) is 18.2 Å². The maximum absolute atomic E-state index is 12.3. The molecule has 0 fully saturated rings. The van der Waals surface area contributed by atoms with Crippen molar-refractivity contribution in [3.8, 4) is 5.75 Å². The molecule has 1 aliphatic rings. The number of nitrogens with one attached hydrogen (secondary N) is 1. The highest BCUT2D eigenvalue weighted by molar-refractivity contribution is 7.15. The molecule has 0 atom stereocenters. The second kappa shape index (κ2) is 10.6. The van der Waals surface area contributed by atoms with Gasteiger partial charge in [-0.1, -0.05) is 44.6 Å². The average Bonchev–Trinajstić information content (AvgIpc) is 3.04. The lowest BCUT2D eigenvalue weighted by atomic mass is 10.0. The second-order valence-corrected chi connectivity index (χ2v) is 8.88. The van der Waals surface area contributed by atoms with Crippen molar-refractivity contribution in [1.82, 2.24) is 4.98 Å². The van der Waals surface area contributed by atoms with Crippen molar-refractivity contribution >= 4 is 22.4 Å². The number of fused-ring (bicyclic) bond motifs is 1. The minimum absolute atomic E-state index is 0.00669. The third kappa shape index (κ3) is 6.33. The second-order valence-electron chi connectivity index (χ2n) is 7.80. The van der Waals surface area contributed by atoms with E-state index in [-0.39, 0.29) is 12.5 Å². The number of hydrogen-bond donors (Lipinski definition) is 1. The van der Waals surface area contributed by atoms with Crippen LogP contribution in [0.5, 0.6) is 5.75 Å². The summed E-state index contributed by atoms with van der Waals surface area (Å²) in [6.45, 7) is 4.11. The van der Waals surface area contributed by atoms with E-state index in [1.165, 1.54) is 67.5 Å². The average molecular weight is 401 g/mol. The quantitative estimate of drug-likeness (QED) is 0.685. The molecule has 0 saturated carbocycles. The third-order valence-corrected chi connectivity index (χ3v) is 6.51. The van der Waals surface area contributed by atoms with Gasteiger partial charge in [-0.05, 0) is 62.8 Å². The lowest BCUT2D eigenvalue weighted by Gasteiger charge is -2.07. The monoisotopic (exact) mass is 400 g/mol. The Morgan fingerprint density at radius 2 is 1.68 bits per heavy atom. The van der Waals surface area contributed by atoms with Crippen molar-refractivity contribution in [3.63, 3.8) is 0 Å². The number of rotatable bonds is 4. The molecule has 4 nitrogen and oxygen atoms in total. The SMILES string of the molecule is Cc1ccc(OCC(=O)Nc2nc3c(s2)CCCCCCCCCC3)cc1C. The summed E-state index contributed by atoms with van der Waals surface area (Å²) in [5.74, 6) is 0.576. The first kappa shape index (κ1) is 20.8. The van der Waals surface area contributed by atoms with E-state index in [0.717, 1.165) is 24.2 Å². The molecule has 0 unspecified atom stereocenters. The molecule has 1 N–H and O–H groups in total. The zero-order chi connectivity index (χ0) is 19.8. The van der Waals surface area contributed by atoms with Crippen LogP contribution in [-0.2, 0) is 17.6 Å². The van der Waals surface area contributed by atoms with Gasteiger partial charge in [0.05, 0.1) is 5.69 Å². The summed E-state index contributed by atoms with van der Waals surface area (Å²) in [7, 11) is 0. The Balaban J connectivity index is 1.56. The highest BCUT2D eigenvalue weighted by Gasteiger charge is 2.14. The van der Waals surface area contributed by atoms with Crippen LogP contribution < -0.4 is 10.1 Å². The van der Waals surface area contributed by atoms with Crippen molar-refractivity contribution in [2.24, 2.45) is 0 Å². The Hall–Kier alpha value is -1.88. The van der Waals surface area contributed by atoms with Crippen molar-refractivity contribution in [1.29, 1.82) is 0 Å².